The van der Waals surface area contributed by atoms with Gasteiger partial charge in [0.1, 0.15) is 6.04 Å². The molecule has 0 aromatic heterocycles. The van der Waals surface area contributed by atoms with E-state index in [0.29, 0.717) is 13.2 Å². The summed E-state index contributed by atoms with van der Waals surface area (Å²) in [6.45, 7) is 6.74. The number of rotatable bonds is 8. The molecule has 2 atom stereocenters. The van der Waals surface area contributed by atoms with Gasteiger partial charge in [0.15, 0.2) is 0 Å². The summed E-state index contributed by atoms with van der Waals surface area (Å²) < 4.78 is 5.42. The van der Waals surface area contributed by atoms with Crippen LogP contribution in [0.15, 0.2) is 0 Å². The first-order valence-electron chi connectivity index (χ1n) is 12.7. The van der Waals surface area contributed by atoms with Crippen molar-refractivity contribution in [2.24, 2.45) is 11.8 Å². The Bertz CT molecular complexity index is 598. The Morgan fingerprint density at radius 3 is 2.55 bits per heavy atom. The van der Waals surface area contributed by atoms with Gasteiger partial charge in [-0.2, -0.15) is 0 Å². The van der Waals surface area contributed by atoms with Crippen LogP contribution in [0.2, 0.25) is 0 Å². The van der Waals surface area contributed by atoms with Crippen LogP contribution in [-0.4, -0.2) is 98.1 Å². The molecule has 31 heavy (non-hydrogen) atoms. The maximum atomic E-state index is 13.5. The molecule has 2 unspecified atom stereocenters. The van der Waals surface area contributed by atoms with Crippen molar-refractivity contribution >= 4 is 11.8 Å². The Balaban J connectivity index is 1.47. The smallest absolute Gasteiger partial charge is 0.245 e. The number of likely N-dealkylation sites (tertiary alicyclic amines) is 1. The number of hydrogen-bond donors (Lipinski definition) is 1. The molecular weight excluding hydrogens is 392 g/mol. The lowest BCUT2D eigenvalue weighted by atomic mass is 9.88. The summed E-state index contributed by atoms with van der Waals surface area (Å²) in [5.41, 5.74) is 0. The molecule has 0 aromatic rings. The molecule has 7 heteroatoms. The van der Waals surface area contributed by atoms with Gasteiger partial charge in [0, 0.05) is 58.3 Å². The zero-order valence-electron chi connectivity index (χ0n) is 19.4. The van der Waals surface area contributed by atoms with Crippen LogP contribution in [0.4, 0.5) is 0 Å². The monoisotopic (exact) mass is 434 g/mol. The summed E-state index contributed by atoms with van der Waals surface area (Å²) in [6.07, 6.45) is 10.4. The van der Waals surface area contributed by atoms with E-state index in [0.717, 1.165) is 70.9 Å². The van der Waals surface area contributed by atoms with Gasteiger partial charge < -0.3 is 19.9 Å². The maximum Gasteiger partial charge on any atom is 0.245 e. The molecule has 4 rings (SSSR count). The van der Waals surface area contributed by atoms with Gasteiger partial charge in [-0.3, -0.25) is 14.5 Å². The predicted molar refractivity (Wildman–Crippen MR) is 121 cm³/mol. The first kappa shape index (κ1) is 23.0. The average molecular weight is 435 g/mol. The van der Waals surface area contributed by atoms with E-state index in [-0.39, 0.29) is 29.8 Å². The number of methoxy groups -OCH3 is 1. The SMILES string of the molecule is COCCN(CC1CCCCC1)C1CC(C(=O)N2CCCNCC2)N(C(=O)C2CC2)C1. The molecule has 4 aliphatic rings. The van der Waals surface area contributed by atoms with Gasteiger partial charge >= 0.3 is 0 Å². The highest BCUT2D eigenvalue weighted by Crippen LogP contribution is 2.35. The summed E-state index contributed by atoms with van der Waals surface area (Å²) in [6, 6.07) is -0.0218. The van der Waals surface area contributed by atoms with Crippen molar-refractivity contribution in [1.82, 2.24) is 20.0 Å². The van der Waals surface area contributed by atoms with Crippen molar-refractivity contribution in [2.75, 3.05) is 59.5 Å². The van der Waals surface area contributed by atoms with Crippen LogP contribution in [-0.2, 0) is 14.3 Å². The summed E-state index contributed by atoms with van der Waals surface area (Å²) in [7, 11) is 1.76. The fraction of sp³-hybridized carbons (Fsp3) is 0.917. The number of ether oxygens (including phenoxy) is 1. The Morgan fingerprint density at radius 1 is 1.00 bits per heavy atom. The second-order valence-corrected chi connectivity index (χ2v) is 10.1. The molecular formula is C24H42N4O3. The third-order valence-electron chi connectivity index (χ3n) is 7.74. The third-order valence-corrected chi connectivity index (χ3v) is 7.74. The first-order valence-corrected chi connectivity index (χ1v) is 12.7. The van der Waals surface area contributed by atoms with Crippen LogP contribution in [0.5, 0.6) is 0 Å². The van der Waals surface area contributed by atoms with E-state index in [1.165, 1.54) is 32.1 Å². The second kappa shape index (κ2) is 11.1. The topological polar surface area (TPSA) is 65.1 Å². The van der Waals surface area contributed by atoms with Gasteiger partial charge in [-0.25, -0.2) is 0 Å². The number of nitrogens with one attached hydrogen (secondary N) is 1. The van der Waals surface area contributed by atoms with Gasteiger partial charge in [-0.05, 0) is 51.0 Å². The van der Waals surface area contributed by atoms with Gasteiger partial charge in [0.05, 0.1) is 6.61 Å². The van der Waals surface area contributed by atoms with Crippen molar-refractivity contribution in [3.05, 3.63) is 0 Å². The fourth-order valence-electron chi connectivity index (χ4n) is 5.73. The van der Waals surface area contributed by atoms with E-state index >= 15 is 0 Å². The lowest BCUT2D eigenvalue weighted by Crippen LogP contribution is -2.49. The summed E-state index contributed by atoms with van der Waals surface area (Å²) in [5, 5.41) is 3.38. The molecule has 2 aliphatic carbocycles. The summed E-state index contributed by atoms with van der Waals surface area (Å²) >= 11 is 0. The number of hydrogen-bond acceptors (Lipinski definition) is 5. The number of carbonyl (C=O) groups is 2. The second-order valence-electron chi connectivity index (χ2n) is 10.1. The molecule has 2 saturated carbocycles. The van der Waals surface area contributed by atoms with Crippen molar-refractivity contribution in [3.8, 4) is 0 Å². The van der Waals surface area contributed by atoms with E-state index in [4.69, 9.17) is 4.74 Å². The molecule has 0 spiro atoms. The van der Waals surface area contributed by atoms with Crippen LogP contribution in [0, 0.1) is 11.8 Å². The van der Waals surface area contributed by atoms with Gasteiger partial charge in [0.2, 0.25) is 11.8 Å². The maximum absolute atomic E-state index is 13.5. The van der Waals surface area contributed by atoms with Crippen LogP contribution >= 0.6 is 0 Å². The van der Waals surface area contributed by atoms with Crippen LogP contribution in [0.25, 0.3) is 0 Å². The summed E-state index contributed by atoms with van der Waals surface area (Å²) in [4.78, 5) is 33.2. The van der Waals surface area contributed by atoms with E-state index < -0.39 is 0 Å². The molecule has 2 aliphatic heterocycles. The molecule has 0 radical (unpaired) electrons. The van der Waals surface area contributed by atoms with E-state index in [1.54, 1.807) is 7.11 Å². The van der Waals surface area contributed by atoms with Crippen molar-refractivity contribution in [1.29, 1.82) is 0 Å². The highest BCUT2D eigenvalue weighted by molar-refractivity contribution is 5.90. The lowest BCUT2D eigenvalue weighted by molar-refractivity contribution is -0.144. The molecule has 176 valence electrons. The first-order chi connectivity index (χ1) is 15.2. The third kappa shape index (κ3) is 5.99. The molecule has 0 aromatic carbocycles. The summed E-state index contributed by atoms with van der Waals surface area (Å²) in [5.74, 6) is 1.29. The lowest BCUT2D eigenvalue weighted by Gasteiger charge is -2.33. The van der Waals surface area contributed by atoms with E-state index in [2.05, 4.69) is 10.2 Å². The molecule has 7 nitrogen and oxygen atoms in total. The van der Waals surface area contributed by atoms with E-state index in [9.17, 15) is 9.59 Å². The zero-order chi connectivity index (χ0) is 21.6. The molecule has 1 N–H and O–H groups in total. The largest absolute Gasteiger partial charge is 0.383 e. The number of nitrogens with zero attached hydrogens (tertiary/aromatic N) is 3. The van der Waals surface area contributed by atoms with Gasteiger partial charge in [0.25, 0.3) is 0 Å². The molecule has 4 fully saturated rings. The minimum atomic E-state index is -0.285. The Labute approximate surface area is 187 Å². The minimum absolute atomic E-state index is 0.158. The standard InChI is InChI=1S/C24H42N4O3/c1-31-15-14-27(17-19-6-3-2-4-7-19)21-16-22(28(18-21)23(29)20-8-9-20)24(30)26-12-5-10-25-11-13-26/h19-22,25H,2-18H2,1H3. The minimum Gasteiger partial charge on any atom is -0.383 e. The van der Waals surface area contributed by atoms with Crippen molar-refractivity contribution in [2.45, 2.75) is 69.9 Å². The van der Waals surface area contributed by atoms with Crippen LogP contribution in [0.1, 0.15) is 57.8 Å². The molecule has 2 amide bonds. The van der Waals surface area contributed by atoms with Crippen LogP contribution < -0.4 is 5.32 Å². The molecule has 0 bridgehead atoms. The van der Waals surface area contributed by atoms with E-state index in [1.807, 2.05) is 9.80 Å². The van der Waals surface area contributed by atoms with Crippen molar-refractivity contribution in [3.63, 3.8) is 0 Å². The van der Waals surface area contributed by atoms with Gasteiger partial charge in [-0.15, -0.1) is 0 Å². The normalized spacial score (nSPS) is 28.2. The predicted octanol–water partition coefficient (Wildman–Crippen LogP) is 1.72. The highest BCUT2D eigenvalue weighted by atomic mass is 16.5. The zero-order valence-corrected chi connectivity index (χ0v) is 19.4. The van der Waals surface area contributed by atoms with Crippen LogP contribution in [0.3, 0.4) is 0 Å². The molecule has 2 heterocycles. The molecule has 2 saturated heterocycles. The van der Waals surface area contributed by atoms with Gasteiger partial charge in [-0.1, -0.05) is 19.3 Å². The quantitative estimate of drug-likeness (QED) is 0.630. The Kier molecular flexibility index (Phi) is 8.24. The number of amides is 2. The van der Waals surface area contributed by atoms with Crippen molar-refractivity contribution < 1.29 is 14.3 Å². The Morgan fingerprint density at radius 2 is 1.81 bits per heavy atom. The fourth-order valence-corrected chi connectivity index (χ4v) is 5.73. The Hall–Kier alpha value is -1.18. The highest BCUT2D eigenvalue weighted by Gasteiger charge is 2.46. The number of carbonyl (C=O) groups excluding carboxylic acids is 2. The average Bonchev–Trinajstić information content (AvgIpc) is 3.60.